The third-order valence-electron chi connectivity index (χ3n) is 4.91. The van der Waals surface area contributed by atoms with Crippen molar-refractivity contribution in [2.24, 2.45) is 0 Å². The average Bonchev–Trinajstić information content (AvgIpc) is 3.35. The highest BCUT2D eigenvalue weighted by atomic mass is 32.1. The van der Waals surface area contributed by atoms with Crippen molar-refractivity contribution in [1.82, 2.24) is 4.57 Å². The number of hydrogen-bond donors (Lipinski definition) is 2. The fourth-order valence-corrected chi connectivity index (χ4v) is 4.05. The lowest BCUT2D eigenvalue weighted by atomic mass is 10.1. The van der Waals surface area contributed by atoms with Crippen molar-refractivity contribution in [2.75, 3.05) is 13.7 Å². The minimum Gasteiger partial charge on any atom is -0.497 e. The average molecular weight is 416 g/mol. The minimum absolute atomic E-state index is 0.154. The second-order valence-corrected chi connectivity index (χ2v) is 7.79. The molecule has 0 saturated carbocycles. The van der Waals surface area contributed by atoms with E-state index >= 15 is 0 Å². The zero-order chi connectivity index (χ0) is 21.0. The van der Waals surface area contributed by atoms with E-state index in [1.54, 1.807) is 23.5 Å². The van der Waals surface area contributed by atoms with E-state index in [1.807, 2.05) is 31.4 Å². The Morgan fingerprint density at radius 2 is 1.83 bits per heavy atom. The Hall–Kier alpha value is -2.61. The van der Waals surface area contributed by atoms with Crippen LogP contribution in [-0.4, -0.2) is 34.3 Å². The number of benzene rings is 1. The Morgan fingerprint density at radius 3 is 2.38 bits per heavy atom. The van der Waals surface area contributed by atoms with Gasteiger partial charge < -0.3 is 24.3 Å². The van der Waals surface area contributed by atoms with Gasteiger partial charge in [-0.25, -0.2) is 0 Å². The molecule has 0 radical (unpaired) electrons. The van der Waals surface area contributed by atoms with Crippen LogP contribution < -0.4 is 9.47 Å². The van der Waals surface area contributed by atoms with Gasteiger partial charge in [-0.2, -0.15) is 0 Å². The number of aromatic nitrogens is 1. The topological polar surface area (TPSA) is 80.9 Å². The van der Waals surface area contributed by atoms with Crippen LogP contribution in [0.4, 0.5) is 0 Å². The molecule has 0 amide bonds. The van der Waals surface area contributed by atoms with Crippen LogP contribution in [0.1, 0.15) is 37.7 Å². The molecule has 1 aromatic carbocycles. The Balaban J connectivity index is 1.80. The first-order valence-electron chi connectivity index (χ1n) is 9.25. The lowest BCUT2D eigenvalue weighted by molar-refractivity contribution is 0.0916. The number of methoxy groups -OCH3 is 1. The molecule has 0 aliphatic carbocycles. The van der Waals surface area contributed by atoms with Gasteiger partial charge in [0.2, 0.25) is 5.78 Å². The molecule has 0 fully saturated rings. The van der Waals surface area contributed by atoms with E-state index in [0.29, 0.717) is 28.2 Å². The molecule has 154 valence electrons. The van der Waals surface area contributed by atoms with Gasteiger partial charge in [0, 0.05) is 33.0 Å². The molecule has 6 nitrogen and oxygen atoms in total. The maximum Gasteiger partial charge on any atom is 0.202 e. The second-order valence-electron chi connectivity index (χ2n) is 6.75. The predicted molar refractivity (Wildman–Crippen MR) is 112 cm³/mol. The van der Waals surface area contributed by atoms with Gasteiger partial charge in [0.15, 0.2) is 6.61 Å². The lowest BCUT2D eigenvalue weighted by Gasteiger charge is -2.15. The molecule has 2 heterocycles. The number of carbonyl (C=O) groups is 1. The minimum atomic E-state index is -0.289. The van der Waals surface area contributed by atoms with Crippen LogP contribution in [0.5, 0.6) is 11.5 Å². The highest BCUT2D eigenvalue weighted by Gasteiger charge is 2.19. The first kappa shape index (κ1) is 21.1. The predicted octanol–water partition coefficient (Wildman–Crippen LogP) is 3.47. The monoisotopic (exact) mass is 415 g/mol. The molecule has 0 spiro atoms. The smallest absolute Gasteiger partial charge is 0.202 e. The summed E-state index contributed by atoms with van der Waals surface area (Å²) in [6.07, 6.45) is 0. The number of carbonyl (C=O) groups excluding carboxylic acids is 1. The van der Waals surface area contributed by atoms with Crippen LogP contribution in [-0.2, 0) is 19.8 Å². The summed E-state index contributed by atoms with van der Waals surface area (Å²) < 4.78 is 13.0. The Morgan fingerprint density at radius 1 is 1.14 bits per heavy atom. The fourth-order valence-electron chi connectivity index (χ4n) is 3.36. The van der Waals surface area contributed by atoms with Gasteiger partial charge >= 0.3 is 0 Å². The molecule has 0 aliphatic heterocycles. The maximum atomic E-state index is 12.8. The Bertz CT molecular complexity index is 966. The molecule has 29 heavy (non-hydrogen) atoms. The number of rotatable bonds is 9. The van der Waals surface area contributed by atoms with Crippen LogP contribution in [0.2, 0.25) is 0 Å². The van der Waals surface area contributed by atoms with Crippen LogP contribution in [0.3, 0.4) is 0 Å². The zero-order valence-corrected chi connectivity index (χ0v) is 17.6. The third-order valence-corrected chi connectivity index (χ3v) is 5.77. The second kappa shape index (κ2) is 9.26. The molecule has 0 unspecified atom stereocenters. The van der Waals surface area contributed by atoms with Crippen LogP contribution in [0.25, 0.3) is 0 Å². The third kappa shape index (κ3) is 4.53. The molecular formula is C22H25NO5S. The summed E-state index contributed by atoms with van der Waals surface area (Å²) in [5.41, 5.74) is 3.44. The van der Waals surface area contributed by atoms with Gasteiger partial charge in [-0.3, -0.25) is 4.79 Å². The largest absolute Gasteiger partial charge is 0.497 e. The summed E-state index contributed by atoms with van der Waals surface area (Å²) in [5.74, 6) is 0.671. The van der Waals surface area contributed by atoms with Crippen LogP contribution in [0.15, 0.2) is 35.7 Å². The molecule has 7 heteroatoms. The molecule has 0 saturated heterocycles. The summed E-state index contributed by atoms with van der Waals surface area (Å²) in [6.45, 7) is 3.88. The number of aryl methyl sites for hydroxylation is 1. The zero-order valence-electron chi connectivity index (χ0n) is 16.8. The van der Waals surface area contributed by atoms with E-state index in [9.17, 15) is 15.0 Å². The van der Waals surface area contributed by atoms with Gasteiger partial charge in [0.05, 0.1) is 26.9 Å². The summed E-state index contributed by atoms with van der Waals surface area (Å²) in [4.78, 5) is 14.1. The highest BCUT2D eigenvalue weighted by molar-refractivity contribution is 7.09. The van der Waals surface area contributed by atoms with E-state index < -0.39 is 0 Å². The van der Waals surface area contributed by atoms with Crippen molar-refractivity contribution in [3.8, 4) is 11.5 Å². The lowest BCUT2D eigenvalue weighted by Crippen LogP contribution is -2.15. The van der Waals surface area contributed by atoms with Gasteiger partial charge in [-0.1, -0.05) is 6.07 Å². The Kier molecular flexibility index (Phi) is 6.74. The van der Waals surface area contributed by atoms with Crippen molar-refractivity contribution < 1.29 is 24.5 Å². The fraction of sp³-hybridized carbons (Fsp3) is 0.318. The summed E-state index contributed by atoms with van der Waals surface area (Å²) in [7, 11) is 1.51. The molecule has 3 rings (SSSR count). The molecule has 3 aromatic rings. The van der Waals surface area contributed by atoms with E-state index in [0.717, 1.165) is 17.9 Å². The first-order valence-corrected chi connectivity index (χ1v) is 10.1. The number of nitrogens with zero attached hydrogens (tertiary/aromatic N) is 1. The highest BCUT2D eigenvalue weighted by Crippen LogP contribution is 2.30. The summed E-state index contributed by atoms with van der Waals surface area (Å²) in [6, 6.07) is 9.23. The Labute approximate surface area is 174 Å². The van der Waals surface area contributed by atoms with Crippen molar-refractivity contribution >= 4 is 17.1 Å². The first-order chi connectivity index (χ1) is 14.0. The van der Waals surface area contributed by atoms with Gasteiger partial charge in [0.25, 0.3) is 0 Å². The van der Waals surface area contributed by atoms with Crippen LogP contribution in [0, 0.1) is 13.8 Å². The van der Waals surface area contributed by atoms with Crippen molar-refractivity contribution in [2.45, 2.75) is 33.6 Å². The number of hydrogen-bond acceptors (Lipinski definition) is 6. The van der Waals surface area contributed by atoms with Crippen LogP contribution >= 0.6 is 11.3 Å². The number of ether oxygens (including phenoxy) is 2. The molecule has 0 atom stereocenters. The van der Waals surface area contributed by atoms with Crippen molar-refractivity contribution in [1.29, 1.82) is 0 Å². The van der Waals surface area contributed by atoms with Crippen molar-refractivity contribution in [3.05, 3.63) is 68.7 Å². The molecule has 0 bridgehead atoms. The number of aliphatic hydroxyl groups is 2. The summed E-state index contributed by atoms with van der Waals surface area (Å²) >= 11 is 1.68. The van der Waals surface area contributed by atoms with Crippen molar-refractivity contribution in [3.63, 3.8) is 0 Å². The molecular weight excluding hydrogens is 390 g/mol. The number of aliphatic hydroxyl groups excluding tert-OH is 2. The normalized spacial score (nSPS) is 10.9. The van der Waals surface area contributed by atoms with E-state index in [1.165, 1.54) is 12.0 Å². The number of Topliss-reactive ketones (excluding diaryl/α,β-unsaturated/α-hetero) is 1. The van der Waals surface area contributed by atoms with Gasteiger partial charge in [-0.15, -0.1) is 11.3 Å². The van der Waals surface area contributed by atoms with E-state index in [4.69, 9.17) is 9.47 Å². The number of thiophene rings is 1. The quantitative estimate of drug-likeness (QED) is 0.523. The van der Waals surface area contributed by atoms with Gasteiger partial charge in [0.1, 0.15) is 11.5 Å². The van der Waals surface area contributed by atoms with E-state index in [2.05, 4.69) is 10.6 Å². The van der Waals surface area contributed by atoms with E-state index in [-0.39, 0.29) is 25.6 Å². The van der Waals surface area contributed by atoms with Gasteiger partial charge in [-0.05, 0) is 43.5 Å². The summed E-state index contributed by atoms with van der Waals surface area (Å²) in [5, 5.41) is 21.3. The SMILES string of the molecule is COc1cc(CO)c(OCC(=O)c2cc(C)n(Cc3cccs3)c2C)c(CO)c1. The number of ketones is 1. The molecule has 2 N–H and O–H groups in total. The molecule has 0 aliphatic rings. The maximum absolute atomic E-state index is 12.8. The molecule has 2 aromatic heterocycles. The standard InChI is InChI=1S/C22H25NO5S/c1-14-7-20(15(2)23(14)10-19-5-4-6-29-19)21(26)13-28-22-16(11-24)8-18(27-3)9-17(22)12-25/h4-9,24-25H,10-13H2,1-3H3.